The Kier molecular flexibility index (Phi) is 7.20. The first kappa shape index (κ1) is 27.1. The maximum Gasteiger partial charge on any atom is 0.418 e. The van der Waals surface area contributed by atoms with Crippen molar-refractivity contribution in [3.8, 4) is 17.0 Å². The number of benzene rings is 4. The fraction of sp³-hybridized carbons (Fsp3) is 0.138. The summed E-state index contributed by atoms with van der Waals surface area (Å²) in [7, 11) is 0. The van der Waals surface area contributed by atoms with E-state index < -0.39 is 22.5 Å². The zero-order chi connectivity index (χ0) is 28.6. The van der Waals surface area contributed by atoms with Crippen LogP contribution in [0.4, 0.5) is 23.2 Å². The van der Waals surface area contributed by atoms with Gasteiger partial charge < -0.3 is 4.74 Å². The van der Waals surface area contributed by atoms with Gasteiger partial charge in [0.05, 0.1) is 28.3 Å². The van der Waals surface area contributed by atoms with E-state index in [0.717, 1.165) is 17.7 Å². The molecule has 0 aliphatic rings. The van der Waals surface area contributed by atoms with Crippen molar-refractivity contribution in [1.82, 2.24) is 9.78 Å². The van der Waals surface area contributed by atoms with Gasteiger partial charge in [-0.2, -0.15) is 18.3 Å². The number of ether oxygens (including phenoxy) is 1. The largest absolute Gasteiger partial charge is 0.489 e. The summed E-state index contributed by atoms with van der Waals surface area (Å²) in [6.45, 7) is 1.54. The number of alkyl halides is 3. The second kappa shape index (κ2) is 10.6. The lowest BCUT2D eigenvalue weighted by molar-refractivity contribution is -0.385. The molecule has 0 aliphatic carbocycles. The maximum absolute atomic E-state index is 14.7. The number of fused-ring (bicyclic) bond motifs is 1. The molecular weight excluding hydrogens is 550 g/mol. The average molecular weight is 570 g/mol. The molecular formula is C29H20ClF4N3O3. The summed E-state index contributed by atoms with van der Waals surface area (Å²) in [5.74, 6) is -0.287. The summed E-state index contributed by atoms with van der Waals surface area (Å²) in [5.41, 5.74) is 0.889. The minimum absolute atomic E-state index is 0.0875. The van der Waals surface area contributed by atoms with Gasteiger partial charge in [-0.1, -0.05) is 53.6 Å². The lowest BCUT2D eigenvalue weighted by Gasteiger charge is -2.12. The molecule has 0 bridgehead atoms. The van der Waals surface area contributed by atoms with Crippen molar-refractivity contribution in [2.45, 2.75) is 26.3 Å². The molecule has 0 saturated heterocycles. The maximum atomic E-state index is 14.7. The second-order valence-corrected chi connectivity index (χ2v) is 9.58. The Bertz CT molecular complexity index is 1750. The molecule has 40 heavy (non-hydrogen) atoms. The van der Waals surface area contributed by atoms with Crippen LogP contribution in [-0.4, -0.2) is 14.7 Å². The fourth-order valence-corrected chi connectivity index (χ4v) is 4.67. The Hall–Kier alpha value is -4.44. The normalized spacial score (nSPS) is 11.7. The van der Waals surface area contributed by atoms with Crippen molar-refractivity contribution in [2.24, 2.45) is 0 Å². The lowest BCUT2D eigenvalue weighted by atomic mass is 10.0. The van der Waals surface area contributed by atoms with Gasteiger partial charge in [0.1, 0.15) is 23.7 Å². The van der Waals surface area contributed by atoms with Crippen molar-refractivity contribution in [2.75, 3.05) is 0 Å². The highest BCUT2D eigenvalue weighted by Crippen LogP contribution is 2.39. The van der Waals surface area contributed by atoms with Crippen molar-refractivity contribution >= 4 is 28.2 Å². The van der Waals surface area contributed by atoms with E-state index >= 15 is 0 Å². The Morgan fingerprint density at radius 1 is 1.00 bits per heavy atom. The zero-order valence-corrected chi connectivity index (χ0v) is 21.6. The molecule has 204 valence electrons. The van der Waals surface area contributed by atoms with Gasteiger partial charge in [-0.05, 0) is 43.3 Å². The SMILES string of the molecule is Cc1ccc([N+](=O)[O-])c(COc2cccc(-c3c4cccc(C(F)(F)F)c4nn3Cc3ccc(Cl)cc3F)c2)c1. The van der Waals surface area contributed by atoms with Crippen molar-refractivity contribution < 1.29 is 27.2 Å². The Balaban J connectivity index is 1.59. The predicted octanol–water partition coefficient (Wildman–Crippen LogP) is 8.36. The molecule has 0 N–H and O–H groups in total. The van der Waals surface area contributed by atoms with Crippen LogP contribution in [0.5, 0.6) is 5.75 Å². The van der Waals surface area contributed by atoms with Crippen molar-refractivity contribution in [3.63, 3.8) is 0 Å². The third-order valence-electron chi connectivity index (χ3n) is 6.34. The number of nitro benzene ring substituents is 1. The third-order valence-corrected chi connectivity index (χ3v) is 6.58. The van der Waals surface area contributed by atoms with Crippen LogP contribution in [0.15, 0.2) is 78.9 Å². The summed E-state index contributed by atoms with van der Waals surface area (Å²) in [4.78, 5) is 10.9. The zero-order valence-electron chi connectivity index (χ0n) is 20.9. The Morgan fingerprint density at radius 2 is 1.77 bits per heavy atom. The highest BCUT2D eigenvalue weighted by atomic mass is 35.5. The van der Waals surface area contributed by atoms with Gasteiger partial charge in [0, 0.05) is 27.6 Å². The van der Waals surface area contributed by atoms with Gasteiger partial charge >= 0.3 is 6.18 Å². The van der Waals surface area contributed by atoms with E-state index in [2.05, 4.69) is 5.10 Å². The molecule has 0 amide bonds. The van der Waals surface area contributed by atoms with Crippen LogP contribution in [0.1, 0.15) is 22.3 Å². The van der Waals surface area contributed by atoms with Gasteiger partial charge in [0.2, 0.25) is 0 Å². The second-order valence-electron chi connectivity index (χ2n) is 9.15. The standard InChI is InChI=1S/C29H20ClF4N3O3/c1-17-8-11-26(37(38)39)20(12-17)16-40-22-5-2-4-18(13-22)28-23-6-3-7-24(29(32,33)34)27(23)35-36(28)15-19-9-10-21(30)14-25(19)31/h2-14H,15-16H2,1H3. The summed E-state index contributed by atoms with van der Waals surface area (Å²) in [6, 6.07) is 19.1. The number of aryl methyl sites for hydroxylation is 1. The lowest BCUT2D eigenvalue weighted by Crippen LogP contribution is -2.07. The van der Waals surface area contributed by atoms with E-state index in [1.165, 1.54) is 35.0 Å². The third kappa shape index (κ3) is 5.48. The number of nitrogens with zero attached hydrogens (tertiary/aromatic N) is 3. The van der Waals surface area contributed by atoms with E-state index in [4.69, 9.17) is 16.3 Å². The number of rotatable bonds is 7. The van der Waals surface area contributed by atoms with Gasteiger partial charge in [0.15, 0.2) is 0 Å². The summed E-state index contributed by atoms with van der Waals surface area (Å²) in [6.07, 6.45) is -4.66. The molecule has 11 heteroatoms. The molecule has 5 rings (SSSR count). The molecule has 0 unspecified atom stereocenters. The van der Waals surface area contributed by atoms with Crippen LogP contribution in [0.3, 0.4) is 0 Å². The van der Waals surface area contributed by atoms with Crippen LogP contribution in [-0.2, 0) is 19.3 Å². The minimum atomic E-state index is -4.66. The molecule has 0 aliphatic heterocycles. The van der Waals surface area contributed by atoms with Crippen molar-refractivity contribution in [1.29, 1.82) is 0 Å². The number of halogens is 5. The van der Waals surface area contributed by atoms with Crippen LogP contribution in [0.25, 0.3) is 22.2 Å². The van der Waals surface area contributed by atoms with E-state index in [1.807, 2.05) is 0 Å². The van der Waals surface area contributed by atoms with E-state index in [0.29, 0.717) is 22.6 Å². The Morgan fingerprint density at radius 3 is 2.50 bits per heavy atom. The first-order valence-corrected chi connectivity index (χ1v) is 12.4. The molecule has 1 heterocycles. The molecule has 5 aromatic rings. The van der Waals surface area contributed by atoms with Gasteiger partial charge in [-0.25, -0.2) is 4.39 Å². The molecule has 4 aromatic carbocycles. The molecule has 0 fully saturated rings. The number of hydrogen-bond acceptors (Lipinski definition) is 4. The van der Waals surface area contributed by atoms with E-state index in [9.17, 15) is 27.7 Å². The number of hydrogen-bond donors (Lipinski definition) is 0. The first-order valence-electron chi connectivity index (χ1n) is 12.0. The topological polar surface area (TPSA) is 70.2 Å². The monoisotopic (exact) mass is 569 g/mol. The van der Waals surface area contributed by atoms with Gasteiger partial charge in [-0.15, -0.1) is 0 Å². The van der Waals surface area contributed by atoms with Crippen LogP contribution < -0.4 is 4.74 Å². The molecule has 6 nitrogen and oxygen atoms in total. The molecule has 0 saturated carbocycles. The van der Waals surface area contributed by atoms with E-state index in [-0.39, 0.29) is 40.3 Å². The summed E-state index contributed by atoms with van der Waals surface area (Å²) in [5, 5.41) is 16.1. The number of aromatic nitrogens is 2. The summed E-state index contributed by atoms with van der Waals surface area (Å²) < 4.78 is 63.4. The highest BCUT2D eigenvalue weighted by Gasteiger charge is 2.34. The minimum Gasteiger partial charge on any atom is -0.489 e. The number of nitro groups is 1. The van der Waals surface area contributed by atoms with Gasteiger partial charge in [0.25, 0.3) is 5.69 Å². The smallest absolute Gasteiger partial charge is 0.418 e. The highest BCUT2D eigenvalue weighted by molar-refractivity contribution is 6.30. The predicted molar refractivity (Wildman–Crippen MR) is 143 cm³/mol. The van der Waals surface area contributed by atoms with Crippen LogP contribution in [0, 0.1) is 22.9 Å². The van der Waals surface area contributed by atoms with Gasteiger partial charge in [-0.3, -0.25) is 14.8 Å². The molecule has 0 atom stereocenters. The fourth-order valence-electron chi connectivity index (χ4n) is 4.51. The molecule has 0 radical (unpaired) electrons. The average Bonchev–Trinajstić information content (AvgIpc) is 3.26. The molecule has 0 spiro atoms. The van der Waals surface area contributed by atoms with Crippen LogP contribution in [0.2, 0.25) is 5.02 Å². The summed E-state index contributed by atoms with van der Waals surface area (Å²) >= 11 is 5.87. The quantitative estimate of drug-likeness (QED) is 0.112. The van der Waals surface area contributed by atoms with E-state index in [1.54, 1.807) is 43.3 Å². The Labute approximate surface area is 230 Å². The first-order chi connectivity index (χ1) is 19.0. The molecule has 1 aromatic heterocycles. The van der Waals surface area contributed by atoms with Crippen molar-refractivity contribution in [3.05, 3.63) is 122 Å². The van der Waals surface area contributed by atoms with Crippen LogP contribution >= 0.6 is 11.6 Å².